The van der Waals surface area contributed by atoms with E-state index in [4.69, 9.17) is 0 Å². The molecule has 1 aliphatic rings. The maximum atomic E-state index is 2.32. The highest BCUT2D eigenvalue weighted by molar-refractivity contribution is 5.71. The summed E-state index contributed by atoms with van der Waals surface area (Å²) >= 11 is 0. The summed E-state index contributed by atoms with van der Waals surface area (Å²) < 4.78 is 0. The molecule has 0 unspecified atom stereocenters. The SMILES string of the molecule is C(=Cc1ccccc1C1CCCCC1)c1ccccc1. The molecule has 0 atom stereocenters. The molecule has 1 fully saturated rings. The molecule has 0 radical (unpaired) electrons. The first-order valence-electron chi connectivity index (χ1n) is 7.75. The summed E-state index contributed by atoms with van der Waals surface area (Å²) in [5, 5.41) is 0. The van der Waals surface area contributed by atoms with Crippen LogP contribution in [0.4, 0.5) is 0 Å². The molecule has 0 saturated heterocycles. The summed E-state index contributed by atoms with van der Waals surface area (Å²) in [7, 11) is 0. The van der Waals surface area contributed by atoms with E-state index in [0.717, 1.165) is 5.92 Å². The zero-order chi connectivity index (χ0) is 13.6. The second-order valence-corrected chi connectivity index (χ2v) is 5.71. The first kappa shape index (κ1) is 13.2. The van der Waals surface area contributed by atoms with Gasteiger partial charge in [-0.15, -0.1) is 0 Å². The molecule has 0 spiro atoms. The van der Waals surface area contributed by atoms with Gasteiger partial charge in [-0.2, -0.15) is 0 Å². The predicted molar refractivity (Wildman–Crippen MR) is 87.6 cm³/mol. The van der Waals surface area contributed by atoms with Gasteiger partial charge in [0.25, 0.3) is 0 Å². The van der Waals surface area contributed by atoms with Crippen LogP contribution in [0.2, 0.25) is 0 Å². The van der Waals surface area contributed by atoms with Gasteiger partial charge in [0.1, 0.15) is 0 Å². The van der Waals surface area contributed by atoms with Gasteiger partial charge in [0.05, 0.1) is 0 Å². The fourth-order valence-corrected chi connectivity index (χ4v) is 3.20. The van der Waals surface area contributed by atoms with Gasteiger partial charge < -0.3 is 0 Å². The number of rotatable bonds is 3. The fraction of sp³-hybridized carbons (Fsp3) is 0.300. The molecule has 0 bridgehead atoms. The summed E-state index contributed by atoms with van der Waals surface area (Å²) in [6.45, 7) is 0. The minimum Gasteiger partial charge on any atom is -0.0622 e. The molecule has 2 aromatic carbocycles. The lowest BCUT2D eigenvalue weighted by Gasteiger charge is -2.23. The van der Waals surface area contributed by atoms with Crippen molar-refractivity contribution in [3.05, 3.63) is 71.3 Å². The maximum Gasteiger partial charge on any atom is -0.0156 e. The van der Waals surface area contributed by atoms with Crippen LogP contribution in [0, 0.1) is 0 Å². The van der Waals surface area contributed by atoms with Crippen molar-refractivity contribution in [3.63, 3.8) is 0 Å². The van der Waals surface area contributed by atoms with Gasteiger partial charge in [-0.1, -0.05) is 86.0 Å². The Morgan fingerprint density at radius 1 is 0.700 bits per heavy atom. The molecule has 0 nitrogen and oxygen atoms in total. The van der Waals surface area contributed by atoms with Crippen LogP contribution in [0.5, 0.6) is 0 Å². The largest absolute Gasteiger partial charge is 0.0622 e. The lowest BCUT2D eigenvalue weighted by Crippen LogP contribution is -2.05. The Morgan fingerprint density at radius 3 is 2.20 bits per heavy atom. The molecule has 0 aliphatic heterocycles. The highest BCUT2D eigenvalue weighted by Gasteiger charge is 2.16. The van der Waals surface area contributed by atoms with Crippen molar-refractivity contribution in [2.45, 2.75) is 38.0 Å². The Morgan fingerprint density at radius 2 is 1.40 bits per heavy atom. The number of benzene rings is 2. The van der Waals surface area contributed by atoms with Gasteiger partial charge in [0.15, 0.2) is 0 Å². The monoisotopic (exact) mass is 262 g/mol. The second-order valence-electron chi connectivity index (χ2n) is 5.71. The maximum absolute atomic E-state index is 2.32. The fourth-order valence-electron chi connectivity index (χ4n) is 3.20. The molecular formula is C20H22. The molecule has 1 saturated carbocycles. The highest BCUT2D eigenvalue weighted by Crippen LogP contribution is 2.34. The van der Waals surface area contributed by atoms with E-state index in [1.165, 1.54) is 43.2 Å². The van der Waals surface area contributed by atoms with Crippen LogP contribution < -0.4 is 0 Å². The highest BCUT2D eigenvalue weighted by atomic mass is 14.2. The lowest BCUT2D eigenvalue weighted by atomic mass is 9.82. The summed E-state index contributed by atoms with van der Waals surface area (Å²) in [6.07, 6.45) is 11.4. The van der Waals surface area contributed by atoms with Crippen molar-refractivity contribution < 1.29 is 0 Å². The Hall–Kier alpha value is -1.82. The summed E-state index contributed by atoms with van der Waals surface area (Å²) in [5.41, 5.74) is 4.20. The zero-order valence-electron chi connectivity index (χ0n) is 12.0. The summed E-state index contributed by atoms with van der Waals surface area (Å²) in [4.78, 5) is 0. The van der Waals surface area contributed by atoms with Gasteiger partial charge in [-0.05, 0) is 35.4 Å². The summed E-state index contributed by atoms with van der Waals surface area (Å²) in [5.74, 6) is 0.764. The van der Waals surface area contributed by atoms with Crippen LogP contribution >= 0.6 is 0 Å². The van der Waals surface area contributed by atoms with Crippen molar-refractivity contribution >= 4 is 12.2 Å². The van der Waals surface area contributed by atoms with E-state index >= 15 is 0 Å². The molecule has 0 heteroatoms. The summed E-state index contributed by atoms with van der Waals surface area (Å²) in [6, 6.07) is 19.5. The first-order valence-corrected chi connectivity index (χ1v) is 7.75. The molecule has 0 aromatic heterocycles. The molecule has 3 rings (SSSR count). The molecule has 2 aromatic rings. The number of hydrogen-bond donors (Lipinski definition) is 0. The predicted octanol–water partition coefficient (Wildman–Crippen LogP) is 5.90. The van der Waals surface area contributed by atoms with E-state index in [1.807, 2.05) is 0 Å². The van der Waals surface area contributed by atoms with Crippen LogP contribution in [-0.2, 0) is 0 Å². The quantitative estimate of drug-likeness (QED) is 0.604. The third-order valence-electron chi connectivity index (χ3n) is 4.30. The van der Waals surface area contributed by atoms with Crippen molar-refractivity contribution in [3.8, 4) is 0 Å². The average Bonchev–Trinajstić information content (AvgIpc) is 2.55. The normalized spacial score (nSPS) is 16.6. The van der Waals surface area contributed by atoms with Gasteiger partial charge in [0.2, 0.25) is 0 Å². The van der Waals surface area contributed by atoms with E-state index in [-0.39, 0.29) is 0 Å². The average molecular weight is 262 g/mol. The molecule has 0 N–H and O–H groups in total. The smallest absolute Gasteiger partial charge is 0.0156 e. The Labute approximate surface area is 122 Å². The molecule has 1 aliphatic carbocycles. The lowest BCUT2D eigenvalue weighted by molar-refractivity contribution is 0.443. The Bertz CT molecular complexity index is 560. The van der Waals surface area contributed by atoms with Crippen LogP contribution in [-0.4, -0.2) is 0 Å². The Kier molecular flexibility index (Phi) is 4.32. The third-order valence-corrected chi connectivity index (χ3v) is 4.30. The molecule has 0 amide bonds. The van der Waals surface area contributed by atoms with Crippen molar-refractivity contribution in [2.75, 3.05) is 0 Å². The Balaban J connectivity index is 1.84. The van der Waals surface area contributed by atoms with E-state index in [2.05, 4.69) is 66.7 Å². The van der Waals surface area contributed by atoms with Crippen LogP contribution in [0.15, 0.2) is 54.6 Å². The van der Waals surface area contributed by atoms with Gasteiger partial charge in [0, 0.05) is 0 Å². The van der Waals surface area contributed by atoms with Gasteiger partial charge >= 0.3 is 0 Å². The van der Waals surface area contributed by atoms with Gasteiger partial charge in [-0.25, -0.2) is 0 Å². The standard InChI is InChI=1S/C20H22/c1-3-9-17(10-4-1)15-16-19-13-7-8-14-20(19)18-11-5-2-6-12-18/h1,3-4,7-10,13-16,18H,2,5-6,11-12H2. The molecule has 20 heavy (non-hydrogen) atoms. The van der Waals surface area contributed by atoms with E-state index in [9.17, 15) is 0 Å². The van der Waals surface area contributed by atoms with Gasteiger partial charge in [-0.3, -0.25) is 0 Å². The van der Waals surface area contributed by atoms with Crippen LogP contribution in [0.3, 0.4) is 0 Å². The van der Waals surface area contributed by atoms with Crippen molar-refractivity contribution in [2.24, 2.45) is 0 Å². The minimum absolute atomic E-state index is 0.764. The topological polar surface area (TPSA) is 0 Å². The molecule has 102 valence electrons. The van der Waals surface area contributed by atoms with E-state index < -0.39 is 0 Å². The van der Waals surface area contributed by atoms with Crippen LogP contribution in [0.1, 0.15) is 54.7 Å². The van der Waals surface area contributed by atoms with Crippen molar-refractivity contribution in [1.29, 1.82) is 0 Å². The molecule has 0 heterocycles. The third kappa shape index (κ3) is 3.19. The van der Waals surface area contributed by atoms with Crippen LogP contribution in [0.25, 0.3) is 12.2 Å². The zero-order valence-corrected chi connectivity index (χ0v) is 12.0. The number of hydrogen-bond acceptors (Lipinski definition) is 0. The molecular weight excluding hydrogens is 240 g/mol. The van der Waals surface area contributed by atoms with Crippen molar-refractivity contribution in [1.82, 2.24) is 0 Å². The first-order chi connectivity index (χ1) is 9.93. The van der Waals surface area contributed by atoms with E-state index in [1.54, 1.807) is 5.56 Å². The second kappa shape index (κ2) is 6.56. The minimum atomic E-state index is 0.764. The van der Waals surface area contributed by atoms with E-state index in [0.29, 0.717) is 0 Å².